The zero-order valence-corrected chi connectivity index (χ0v) is 18.3. The molecule has 0 radical (unpaired) electrons. The summed E-state index contributed by atoms with van der Waals surface area (Å²) in [6.07, 6.45) is 1.50. The Balaban J connectivity index is 1.60. The third kappa shape index (κ3) is 4.88. The number of aryl methyl sites for hydroxylation is 1. The molecule has 0 saturated heterocycles. The fourth-order valence-corrected chi connectivity index (χ4v) is 4.81. The number of amides is 2. The van der Waals surface area contributed by atoms with E-state index in [4.69, 9.17) is 0 Å². The maximum absolute atomic E-state index is 12.6. The lowest BCUT2D eigenvalue weighted by Crippen LogP contribution is -2.33. The Morgan fingerprint density at radius 3 is 2.63 bits per heavy atom. The van der Waals surface area contributed by atoms with Gasteiger partial charge in [-0.25, -0.2) is 13.1 Å². The largest absolute Gasteiger partial charge is 0.326 e. The van der Waals surface area contributed by atoms with Crippen LogP contribution < -0.4 is 14.9 Å². The molecule has 1 heterocycles. The molecule has 2 aromatic carbocycles. The van der Waals surface area contributed by atoms with Crippen LogP contribution in [0.15, 0.2) is 47.4 Å². The van der Waals surface area contributed by atoms with E-state index in [1.807, 2.05) is 32.0 Å². The molecule has 0 aromatic heterocycles. The molecule has 2 amide bonds. The second kappa shape index (κ2) is 8.97. The van der Waals surface area contributed by atoms with Gasteiger partial charge in [-0.2, -0.15) is 0 Å². The normalized spacial score (nSPS) is 15.7. The standard InChI is InChI=1S/C22H27N3O4S/c1-4-17-6-5-7-19(13-17)24-22(27)10-11-23-30(28,29)20-8-9-21-18(14-20)12-15(2)25(21)16(3)26/h5-9,13-15,23H,4,10-12H2,1-3H3,(H,24,27)/t15-/m0/s1. The van der Waals surface area contributed by atoms with Crippen molar-refractivity contribution in [1.82, 2.24) is 4.72 Å². The Bertz CT molecular complexity index is 1070. The van der Waals surface area contributed by atoms with Gasteiger partial charge in [0.25, 0.3) is 0 Å². The van der Waals surface area contributed by atoms with E-state index in [9.17, 15) is 18.0 Å². The molecule has 0 aliphatic carbocycles. The fraction of sp³-hybridized carbons (Fsp3) is 0.364. The van der Waals surface area contributed by atoms with Crippen molar-refractivity contribution < 1.29 is 18.0 Å². The molecule has 30 heavy (non-hydrogen) atoms. The summed E-state index contributed by atoms with van der Waals surface area (Å²) >= 11 is 0. The SMILES string of the molecule is CCc1cccc(NC(=O)CCNS(=O)(=O)c2ccc3c(c2)C[C@H](C)N3C(C)=O)c1. The number of hydrogen-bond donors (Lipinski definition) is 2. The summed E-state index contributed by atoms with van der Waals surface area (Å²) in [5.74, 6) is -0.323. The van der Waals surface area contributed by atoms with Gasteiger partial charge in [0.1, 0.15) is 0 Å². The summed E-state index contributed by atoms with van der Waals surface area (Å²) in [4.78, 5) is 25.8. The quantitative estimate of drug-likeness (QED) is 0.707. The molecule has 3 rings (SSSR count). The van der Waals surface area contributed by atoms with E-state index in [-0.39, 0.29) is 35.7 Å². The van der Waals surface area contributed by atoms with Crippen LogP contribution in [0.1, 0.15) is 38.3 Å². The van der Waals surface area contributed by atoms with E-state index >= 15 is 0 Å². The summed E-state index contributed by atoms with van der Waals surface area (Å²) < 4.78 is 27.7. The Kier molecular flexibility index (Phi) is 6.58. The zero-order valence-electron chi connectivity index (χ0n) is 17.4. The molecule has 0 fully saturated rings. The van der Waals surface area contributed by atoms with Crippen molar-refractivity contribution in [1.29, 1.82) is 0 Å². The van der Waals surface area contributed by atoms with Crippen molar-refractivity contribution in [3.8, 4) is 0 Å². The van der Waals surface area contributed by atoms with Crippen LogP contribution in [0.4, 0.5) is 11.4 Å². The second-order valence-corrected chi connectivity index (χ2v) is 9.25. The lowest BCUT2D eigenvalue weighted by molar-refractivity contribution is -0.117. The van der Waals surface area contributed by atoms with Crippen LogP contribution in [0.3, 0.4) is 0 Å². The zero-order chi connectivity index (χ0) is 21.9. The minimum absolute atomic E-state index is 0.00156. The van der Waals surface area contributed by atoms with Crippen molar-refractivity contribution >= 4 is 33.2 Å². The van der Waals surface area contributed by atoms with Crippen molar-refractivity contribution in [2.75, 3.05) is 16.8 Å². The number of carbonyl (C=O) groups is 2. The number of fused-ring (bicyclic) bond motifs is 1. The molecule has 2 N–H and O–H groups in total. The van der Waals surface area contributed by atoms with Crippen LogP contribution >= 0.6 is 0 Å². The highest BCUT2D eigenvalue weighted by atomic mass is 32.2. The number of hydrogen-bond acceptors (Lipinski definition) is 4. The lowest BCUT2D eigenvalue weighted by Gasteiger charge is -2.20. The van der Waals surface area contributed by atoms with Gasteiger partial charge in [-0.15, -0.1) is 0 Å². The van der Waals surface area contributed by atoms with E-state index in [1.165, 1.54) is 13.0 Å². The van der Waals surface area contributed by atoms with E-state index in [0.29, 0.717) is 12.1 Å². The van der Waals surface area contributed by atoms with Gasteiger partial charge in [-0.05, 0) is 61.2 Å². The summed E-state index contributed by atoms with van der Waals surface area (Å²) in [7, 11) is -3.75. The Labute approximate surface area is 177 Å². The molecule has 160 valence electrons. The summed E-state index contributed by atoms with van der Waals surface area (Å²) in [6.45, 7) is 5.46. The third-order valence-corrected chi connectivity index (χ3v) is 6.64. The van der Waals surface area contributed by atoms with E-state index < -0.39 is 10.0 Å². The van der Waals surface area contributed by atoms with Gasteiger partial charge in [0, 0.05) is 37.3 Å². The number of nitrogens with zero attached hydrogens (tertiary/aromatic N) is 1. The first-order valence-electron chi connectivity index (χ1n) is 10.0. The molecule has 1 aliphatic heterocycles. The Morgan fingerprint density at radius 1 is 1.17 bits per heavy atom. The number of anilines is 2. The summed E-state index contributed by atoms with van der Waals surface area (Å²) in [5, 5.41) is 2.79. The van der Waals surface area contributed by atoms with E-state index in [0.717, 1.165) is 23.2 Å². The number of nitrogens with one attached hydrogen (secondary N) is 2. The molecule has 8 heteroatoms. The monoisotopic (exact) mass is 429 g/mol. The van der Waals surface area contributed by atoms with E-state index in [2.05, 4.69) is 10.0 Å². The molecule has 0 saturated carbocycles. The van der Waals surface area contributed by atoms with Gasteiger partial charge >= 0.3 is 0 Å². The van der Waals surface area contributed by atoms with Crippen molar-refractivity contribution in [2.45, 2.75) is 51.0 Å². The minimum Gasteiger partial charge on any atom is -0.326 e. The highest BCUT2D eigenvalue weighted by molar-refractivity contribution is 7.89. The highest BCUT2D eigenvalue weighted by Crippen LogP contribution is 2.33. The first-order valence-corrected chi connectivity index (χ1v) is 11.5. The predicted octanol–water partition coefficient (Wildman–Crippen LogP) is 2.85. The lowest BCUT2D eigenvalue weighted by atomic mass is 10.1. The van der Waals surface area contributed by atoms with Crippen LogP contribution in [0.5, 0.6) is 0 Å². The number of benzene rings is 2. The Morgan fingerprint density at radius 2 is 1.93 bits per heavy atom. The molecule has 2 aromatic rings. The minimum atomic E-state index is -3.75. The average molecular weight is 430 g/mol. The molecular weight excluding hydrogens is 402 g/mol. The molecule has 7 nitrogen and oxygen atoms in total. The molecule has 0 bridgehead atoms. The van der Waals surface area contributed by atoms with Gasteiger partial charge in [0.2, 0.25) is 21.8 Å². The van der Waals surface area contributed by atoms with Crippen molar-refractivity contribution in [3.05, 3.63) is 53.6 Å². The molecule has 0 unspecified atom stereocenters. The van der Waals surface area contributed by atoms with Crippen LogP contribution in [0.25, 0.3) is 0 Å². The second-order valence-electron chi connectivity index (χ2n) is 7.48. The highest BCUT2D eigenvalue weighted by Gasteiger charge is 2.30. The van der Waals surface area contributed by atoms with Crippen molar-refractivity contribution in [2.24, 2.45) is 0 Å². The summed E-state index contributed by atoms with van der Waals surface area (Å²) in [6, 6.07) is 12.3. The first kappa shape index (κ1) is 22.0. The van der Waals surface area contributed by atoms with Crippen LogP contribution in [0.2, 0.25) is 0 Å². The Hall–Kier alpha value is -2.71. The smallest absolute Gasteiger partial charge is 0.240 e. The molecular formula is C22H27N3O4S. The van der Waals surface area contributed by atoms with E-state index in [1.54, 1.807) is 23.1 Å². The molecule has 1 atom stereocenters. The number of rotatable bonds is 7. The number of carbonyl (C=O) groups excluding carboxylic acids is 2. The van der Waals surface area contributed by atoms with Gasteiger partial charge < -0.3 is 10.2 Å². The van der Waals surface area contributed by atoms with Gasteiger partial charge in [0.15, 0.2) is 0 Å². The third-order valence-electron chi connectivity index (χ3n) is 5.18. The summed E-state index contributed by atoms with van der Waals surface area (Å²) in [5.41, 5.74) is 3.39. The topological polar surface area (TPSA) is 95.6 Å². The van der Waals surface area contributed by atoms with Gasteiger partial charge in [-0.1, -0.05) is 19.1 Å². The van der Waals surface area contributed by atoms with Crippen LogP contribution in [0, 0.1) is 0 Å². The van der Waals surface area contributed by atoms with Crippen LogP contribution in [-0.4, -0.2) is 32.8 Å². The maximum atomic E-state index is 12.6. The maximum Gasteiger partial charge on any atom is 0.240 e. The number of sulfonamides is 1. The molecule has 1 aliphatic rings. The predicted molar refractivity (Wildman–Crippen MR) is 117 cm³/mol. The van der Waals surface area contributed by atoms with Gasteiger partial charge in [-0.3, -0.25) is 9.59 Å². The van der Waals surface area contributed by atoms with Crippen LogP contribution in [-0.2, 0) is 32.5 Å². The molecule has 0 spiro atoms. The fourth-order valence-electron chi connectivity index (χ4n) is 3.73. The van der Waals surface area contributed by atoms with Gasteiger partial charge in [0.05, 0.1) is 4.90 Å². The van der Waals surface area contributed by atoms with Crippen molar-refractivity contribution in [3.63, 3.8) is 0 Å². The average Bonchev–Trinajstić information content (AvgIpc) is 3.03. The first-order chi connectivity index (χ1) is 14.2.